The molecule has 0 aromatic heterocycles. The number of carboxylic acids is 1. The molecule has 0 saturated heterocycles. The first-order valence-corrected chi connectivity index (χ1v) is 4.22. The largest absolute Gasteiger partial charge is 0.481 e. The molecule has 1 rings (SSSR count). The Labute approximate surface area is 76.9 Å². The van der Waals surface area contributed by atoms with Gasteiger partial charge in [0.15, 0.2) is 0 Å². The standard InChI is InChI=1S/C9H14O4/c1-9(2)5(7(10)11)4-6(9)8(12)13-3/h5-6H,4H2,1-3H3,(H,10,11)/t5-,6-/m1/s1. The van der Waals surface area contributed by atoms with Crippen LogP contribution >= 0.6 is 0 Å². The number of rotatable bonds is 2. The molecule has 74 valence electrons. The van der Waals surface area contributed by atoms with E-state index in [0.29, 0.717) is 6.42 Å². The molecule has 0 amide bonds. The van der Waals surface area contributed by atoms with Crippen LogP contribution in [0.3, 0.4) is 0 Å². The summed E-state index contributed by atoms with van der Waals surface area (Å²) in [7, 11) is 1.33. The molecular weight excluding hydrogens is 172 g/mol. The van der Waals surface area contributed by atoms with Crippen LogP contribution in [0.4, 0.5) is 0 Å². The number of aliphatic carboxylic acids is 1. The molecule has 4 heteroatoms. The van der Waals surface area contributed by atoms with Crippen LogP contribution in [0.15, 0.2) is 0 Å². The van der Waals surface area contributed by atoms with Gasteiger partial charge in [-0.05, 0) is 11.8 Å². The second kappa shape index (κ2) is 3.01. The molecule has 0 aliphatic heterocycles. The molecule has 0 unspecified atom stereocenters. The maximum Gasteiger partial charge on any atom is 0.309 e. The smallest absolute Gasteiger partial charge is 0.309 e. The molecule has 13 heavy (non-hydrogen) atoms. The van der Waals surface area contributed by atoms with E-state index in [1.54, 1.807) is 13.8 Å². The van der Waals surface area contributed by atoms with E-state index in [0.717, 1.165) is 0 Å². The highest BCUT2D eigenvalue weighted by molar-refractivity contribution is 5.80. The third kappa shape index (κ3) is 1.41. The van der Waals surface area contributed by atoms with E-state index in [2.05, 4.69) is 4.74 Å². The Bertz CT molecular complexity index is 244. The van der Waals surface area contributed by atoms with Gasteiger partial charge in [-0.1, -0.05) is 13.8 Å². The van der Waals surface area contributed by atoms with E-state index >= 15 is 0 Å². The molecule has 0 spiro atoms. The zero-order chi connectivity index (χ0) is 10.2. The quantitative estimate of drug-likeness (QED) is 0.651. The Morgan fingerprint density at radius 3 is 2.23 bits per heavy atom. The Morgan fingerprint density at radius 2 is 1.92 bits per heavy atom. The van der Waals surface area contributed by atoms with Gasteiger partial charge in [0.2, 0.25) is 0 Å². The topological polar surface area (TPSA) is 63.6 Å². The molecule has 2 atom stereocenters. The Hall–Kier alpha value is -1.06. The van der Waals surface area contributed by atoms with Crippen molar-refractivity contribution in [2.45, 2.75) is 20.3 Å². The van der Waals surface area contributed by atoms with Crippen LogP contribution < -0.4 is 0 Å². The van der Waals surface area contributed by atoms with Crippen molar-refractivity contribution < 1.29 is 19.4 Å². The number of methoxy groups -OCH3 is 1. The fourth-order valence-electron chi connectivity index (χ4n) is 1.89. The normalized spacial score (nSPS) is 30.4. The van der Waals surface area contributed by atoms with Crippen molar-refractivity contribution in [2.24, 2.45) is 17.3 Å². The van der Waals surface area contributed by atoms with Gasteiger partial charge in [-0.15, -0.1) is 0 Å². The summed E-state index contributed by atoms with van der Waals surface area (Å²) < 4.78 is 4.59. The van der Waals surface area contributed by atoms with Gasteiger partial charge in [0, 0.05) is 0 Å². The number of hydrogen-bond donors (Lipinski definition) is 1. The fraction of sp³-hybridized carbons (Fsp3) is 0.778. The molecule has 1 aliphatic rings. The lowest BCUT2D eigenvalue weighted by Gasteiger charge is -2.47. The van der Waals surface area contributed by atoms with E-state index < -0.39 is 17.3 Å². The monoisotopic (exact) mass is 186 g/mol. The molecule has 0 aromatic carbocycles. The van der Waals surface area contributed by atoms with Crippen molar-refractivity contribution in [3.63, 3.8) is 0 Å². The summed E-state index contributed by atoms with van der Waals surface area (Å²) in [5.74, 6) is -1.82. The van der Waals surface area contributed by atoms with E-state index in [9.17, 15) is 9.59 Å². The summed E-state index contributed by atoms with van der Waals surface area (Å²) in [6.45, 7) is 3.58. The number of carboxylic acid groups (broad SMARTS) is 1. The molecule has 0 heterocycles. The highest BCUT2D eigenvalue weighted by Gasteiger charge is 2.55. The van der Waals surface area contributed by atoms with Crippen molar-refractivity contribution in [1.29, 1.82) is 0 Å². The van der Waals surface area contributed by atoms with Crippen molar-refractivity contribution in [2.75, 3.05) is 7.11 Å². The summed E-state index contributed by atoms with van der Waals surface area (Å²) in [4.78, 5) is 21.9. The van der Waals surface area contributed by atoms with Crippen LogP contribution in [0, 0.1) is 17.3 Å². The maximum atomic E-state index is 11.2. The van der Waals surface area contributed by atoms with Crippen LogP contribution in [-0.4, -0.2) is 24.2 Å². The van der Waals surface area contributed by atoms with Gasteiger partial charge < -0.3 is 9.84 Å². The molecule has 1 N–H and O–H groups in total. The molecular formula is C9H14O4. The average Bonchev–Trinajstić information content (AvgIpc) is 2.01. The number of carbonyl (C=O) groups is 2. The Kier molecular flexibility index (Phi) is 2.32. The first-order valence-electron chi connectivity index (χ1n) is 4.22. The average molecular weight is 186 g/mol. The number of carbonyl (C=O) groups excluding carboxylic acids is 1. The predicted molar refractivity (Wildman–Crippen MR) is 45.0 cm³/mol. The predicted octanol–water partition coefficient (Wildman–Crippen LogP) is 0.906. The minimum atomic E-state index is -0.829. The minimum Gasteiger partial charge on any atom is -0.481 e. The van der Waals surface area contributed by atoms with Crippen molar-refractivity contribution >= 4 is 11.9 Å². The summed E-state index contributed by atoms with van der Waals surface area (Å²) >= 11 is 0. The van der Waals surface area contributed by atoms with Crippen LogP contribution in [0.5, 0.6) is 0 Å². The lowest BCUT2D eigenvalue weighted by atomic mass is 9.55. The number of hydrogen-bond acceptors (Lipinski definition) is 3. The molecule has 0 aromatic rings. The van der Waals surface area contributed by atoms with Crippen LogP contribution in [0.25, 0.3) is 0 Å². The van der Waals surface area contributed by atoms with E-state index in [4.69, 9.17) is 5.11 Å². The van der Waals surface area contributed by atoms with Gasteiger partial charge in [0.05, 0.1) is 18.9 Å². The molecule has 0 bridgehead atoms. The summed E-state index contributed by atoms with van der Waals surface area (Å²) in [6.07, 6.45) is 0.398. The van der Waals surface area contributed by atoms with Crippen LogP contribution in [0.2, 0.25) is 0 Å². The minimum absolute atomic E-state index is 0.265. The molecule has 1 saturated carbocycles. The van der Waals surface area contributed by atoms with E-state index in [1.165, 1.54) is 7.11 Å². The second-order valence-corrected chi connectivity index (χ2v) is 4.02. The van der Waals surface area contributed by atoms with Gasteiger partial charge in [-0.2, -0.15) is 0 Å². The van der Waals surface area contributed by atoms with Crippen LogP contribution in [0.1, 0.15) is 20.3 Å². The van der Waals surface area contributed by atoms with E-state index in [-0.39, 0.29) is 11.9 Å². The lowest BCUT2D eigenvalue weighted by Crippen LogP contribution is -2.52. The summed E-state index contributed by atoms with van der Waals surface area (Å²) in [5, 5.41) is 8.79. The highest BCUT2D eigenvalue weighted by Crippen LogP contribution is 2.51. The van der Waals surface area contributed by atoms with Gasteiger partial charge >= 0.3 is 11.9 Å². The first kappa shape index (κ1) is 10.0. The zero-order valence-corrected chi connectivity index (χ0v) is 8.03. The molecule has 4 nitrogen and oxygen atoms in total. The molecule has 1 fully saturated rings. The van der Waals surface area contributed by atoms with Crippen molar-refractivity contribution in [3.8, 4) is 0 Å². The third-order valence-corrected chi connectivity index (χ3v) is 3.05. The maximum absolute atomic E-state index is 11.2. The van der Waals surface area contributed by atoms with Crippen molar-refractivity contribution in [1.82, 2.24) is 0 Å². The van der Waals surface area contributed by atoms with Gasteiger partial charge in [0.25, 0.3) is 0 Å². The highest BCUT2D eigenvalue weighted by atomic mass is 16.5. The summed E-state index contributed by atoms with van der Waals surface area (Å²) in [6, 6.07) is 0. The second-order valence-electron chi connectivity index (χ2n) is 4.02. The fourth-order valence-corrected chi connectivity index (χ4v) is 1.89. The summed E-state index contributed by atoms with van der Waals surface area (Å²) in [5.41, 5.74) is -0.473. The first-order chi connectivity index (χ1) is 5.91. The van der Waals surface area contributed by atoms with Gasteiger partial charge in [-0.25, -0.2) is 0 Å². The van der Waals surface area contributed by atoms with E-state index in [1.807, 2.05) is 0 Å². The van der Waals surface area contributed by atoms with Crippen molar-refractivity contribution in [3.05, 3.63) is 0 Å². The number of esters is 1. The SMILES string of the molecule is COC(=O)[C@H]1C[C@H](C(=O)O)C1(C)C. The number of ether oxygens (including phenoxy) is 1. The molecule has 1 aliphatic carbocycles. The van der Waals surface area contributed by atoms with Crippen LogP contribution in [-0.2, 0) is 14.3 Å². The lowest BCUT2D eigenvalue weighted by molar-refractivity contribution is -0.173. The third-order valence-electron chi connectivity index (χ3n) is 3.05. The zero-order valence-electron chi connectivity index (χ0n) is 8.03. The van der Waals surface area contributed by atoms with Gasteiger partial charge in [-0.3, -0.25) is 9.59 Å². The Morgan fingerprint density at radius 1 is 1.38 bits per heavy atom. The Balaban J connectivity index is 2.69. The van der Waals surface area contributed by atoms with Gasteiger partial charge in [0.1, 0.15) is 0 Å². The molecule has 0 radical (unpaired) electrons.